The minimum atomic E-state index is -0.591. The first kappa shape index (κ1) is 16.3. The third-order valence-electron chi connectivity index (χ3n) is 3.19. The summed E-state index contributed by atoms with van der Waals surface area (Å²) >= 11 is 0. The minimum absolute atomic E-state index is 0.0177. The van der Waals surface area contributed by atoms with Crippen LogP contribution in [0.25, 0.3) is 0 Å². The van der Waals surface area contributed by atoms with Crippen molar-refractivity contribution in [1.82, 2.24) is 9.99 Å². The zero-order chi connectivity index (χ0) is 16.8. The summed E-state index contributed by atoms with van der Waals surface area (Å²) in [6.07, 6.45) is 2.97. The van der Waals surface area contributed by atoms with Gasteiger partial charge in [0.15, 0.2) is 11.5 Å². The summed E-state index contributed by atoms with van der Waals surface area (Å²) in [5.74, 6) is -0.279. The Morgan fingerprint density at radius 1 is 1.43 bits per heavy atom. The lowest BCUT2D eigenvalue weighted by Gasteiger charge is -2.04. The summed E-state index contributed by atoms with van der Waals surface area (Å²) in [4.78, 5) is 24.0. The molecule has 0 bridgehead atoms. The van der Waals surface area contributed by atoms with Gasteiger partial charge in [-0.1, -0.05) is 0 Å². The normalized spacial score (nSPS) is 10.7. The smallest absolute Gasteiger partial charge is 0.276 e. The highest BCUT2D eigenvalue weighted by molar-refractivity contribution is 5.94. The van der Waals surface area contributed by atoms with Crippen molar-refractivity contribution in [2.75, 3.05) is 7.11 Å². The number of nitrogens with one attached hydrogen (secondary N) is 1. The van der Waals surface area contributed by atoms with Crippen LogP contribution in [-0.4, -0.2) is 28.9 Å². The van der Waals surface area contributed by atoms with Crippen LogP contribution in [0.15, 0.2) is 46.4 Å². The molecule has 23 heavy (non-hydrogen) atoms. The highest BCUT2D eigenvalue weighted by Crippen LogP contribution is 2.25. The van der Waals surface area contributed by atoms with E-state index < -0.39 is 5.91 Å². The lowest BCUT2D eigenvalue weighted by atomic mass is 10.2. The number of aryl methyl sites for hydroxylation is 1. The molecule has 1 heterocycles. The van der Waals surface area contributed by atoms with E-state index in [1.54, 1.807) is 24.4 Å². The number of carbonyl (C=O) groups excluding carboxylic acids is 1. The predicted octanol–water partition coefficient (Wildman–Crippen LogP) is 1.35. The van der Waals surface area contributed by atoms with Gasteiger partial charge < -0.3 is 14.4 Å². The Labute approximate surface area is 132 Å². The molecule has 120 valence electrons. The maximum Gasteiger partial charge on any atom is 0.276 e. The quantitative estimate of drug-likeness (QED) is 0.643. The Morgan fingerprint density at radius 3 is 2.87 bits per heavy atom. The number of rotatable bonds is 5. The van der Waals surface area contributed by atoms with Crippen LogP contribution in [-0.2, 0) is 6.54 Å². The monoisotopic (exact) mass is 315 g/mol. The van der Waals surface area contributed by atoms with Crippen LogP contribution in [0, 0.1) is 0 Å². The lowest BCUT2D eigenvalue weighted by molar-refractivity contribution is 0.0953. The molecule has 2 rings (SSSR count). The first-order valence-electron chi connectivity index (χ1n) is 6.96. The van der Waals surface area contributed by atoms with Crippen molar-refractivity contribution in [3.63, 3.8) is 0 Å². The summed E-state index contributed by atoms with van der Waals surface area (Å²) in [6.45, 7) is 2.30. The molecule has 0 fully saturated rings. The molecule has 2 N–H and O–H groups in total. The van der Waals surface area contributed by atoms with Gasteiger partial charge in [0, 0.05) is 12.7 Å². The molecule has 1 aromatic heterocycles. The van der Waals surface area contributed by atoms with E-state index in [0.717, 1.165) is 0 Å². The van der Waals surface area contributed by atoms with Gasteiger partial charge in [0.2, 0.25) is 0 Å². The van der Waals surface area contributed by atoms with Crippen molar-refractivity contribution in [1.29, 1.82) is 0 Å². The molecule has 7 nitrogen and oxygen atoms in total. The van der Waals surface area contributed by atoms with E-state index in [-0.39, 0.29) is 16.9 Å². The number of phenols is 1. The number of pyridine rings is 1. The molecular weight excluding hydrogens is 298 g/mol. The second-order valence-corrected chi connectivity index (χ2v) is 4.64. The highest BCUT2D eigenvalue weighted by atomic mass is 16.5. The highest BCUT2D eigenvalue weighted by Gasteiger charge is 2.10. The maximum atomic E-state index is 12.0. The molecule has 1 aromatic carbocycles. The fourth-order valence-corrected chi connectivity index (χ4v) is 1.97. The summed E-state index contributed by atoms with van der Waals surface area (Å²) in [7, 11) is 1.45. The van der Waals surface area contributed by atoms with Gasteiger partial charge >= 0.3 is 0 Å². The number of benzene rings is 1. The molecule has 0 spiro atoms. The standard InChI is InChI=1S/C16H17N3O4/c1-3-19-8-4-5-12(16(19)22)15(21)18-17-10-11-6-7-14(23-2)13(20)9-11/h4-10,20H,3H2,1-2H3,(H,18,21)/b17-10-. The second kappa shape index (κ2) is 7.26. The number of hydrogen-bond donors (Lipinski definition) is 2. The van der Waals surface area contributed by atoms with Crippen LogP contribution in [0.5, 0.6) is 11.5 Å². The average Bonchev–Trinajstić information content (AvgIpc) is 2.55. The van der Waals surface area contributed by atoms with Crippen LogP contribution >= 0.6 is 0 Å². The van der Waals surface area contributed by atoms with E-state index >= 15 is 0 Å². The first-order chi connectivity index (χ1) is 11.1. The molecule has 0 radical (unpaired) electrons. The zero-order valence-corrected chi connectivity index (χ0v) is 12.8. The molecule has 0 atom stereocenters. The molecule has 0 saturated carbocycles. The van der Waals surface area contributed by atoms with Crippen molar-refractivity contribution in [2.24, 2.45) is 5.10 Å². The fraction of sp³-hybridized carbons (Fsp3) is 0.188. The zero-order valence-electron chi connectivity index (χ0n) is 12.8. The van der Waals surface area contributed by atoms with Gasteiger partial charge in [0.25, 0.3) is 11.5 Å². The summed E-state index contributed by atoms with van der Waals surface area (Å²) < 4.78 is 6.36. The Morgan fingerprint density at radius 2 is 2.22 bits per heavy atom. The fourth-order valence-electron chi connectivity index (χ4n) is 1.97. The lowest BCUT2D eigenvalue weighted by Crippen LogP contribution is -2.30. The van der Waals surface area contributed by atoms with Crippen LogP contribution in [0.1, 0.15) is 22.8 Å². The SMILES string of the molecule is CCn1cccc(C(=O)N/N=C\c2ccc(OC)c(O)c2)c1=O. The summed E-state index contributed by atoms with van der Waals surface area (Å²) in [5.41, 5.74) is 2.51. The van der Waals surface area contributed by atoms with Crippen molar-refractivity contribution >= 4 is 12.1 Å². The van der Waals surface area contributed by atoms with Crippen molar-refractivity contribution in [3.05, 3.63) is 58.0 Å². The molecule has 2 aromatic rings. The Balaban J connectivity index is 2.10. The molecule has 0 aliphatic rings. The van der Waals surface area contributed by atoms with Crippen LogP contribution < -0.4 is 15.7 Å². The van der Waals surface area contributed by atoms with Crippen LogP contribution in [0.2, 0.25) is 0 Å². The number of aromatic nitrogens is 1. The molecule has 7 heteroatoms. The van der Waals surface area contributed by atoms with E-state index in [9.17, 15) is 14.7 Å². The number of amides is 1. The van der Waals surface area contributed by atoms with Crippen LogP contribution in [0.4, 0.5) is 0 Å². The second-order valence-electron chi connectivity index (χ2n) is 4.64. The number of hydrazone groups is 1. The maximum absolute atomic E-state index is 12.0. The topological polar surface area (TPSA) is 92.9 Å². The number of phenolic OH excluding ortho intramolecular Hbond substituents is 1. The average molecular weight is 315 g/mol. The molecule has 1 amide bonds. The van der Waals surface area contributed by atoms with Gasteiger partial charge in [0.1, 0.15) is 5.56 Å². The largest absolute Gasteiger partial charge is 0.504 e. The Kier molecular flexibility index (Phi) is 5.14. The van der Waals surface area contributed by atoms with E-state index in [4.69, 9.17) is 4.74 Å². The summed E-state index contributed by atoms with van der Waals surface area (Å²) in [6, 6.07) is 7.76. The first-order valence-corrected chi connectivity index (χ1v) is 6.96. The van der Waals surface area contributed by atoms with Gasteiger partial charge in [-0.3, -0.25) is 9.59 Å². The summed E-state index contributed by atoms with van der Waals surface area (Å²) in [5, 5.41) is 13.4. The van der Waals surface area contributed by atoms with E-state index in [1.165, 1.54) is 30.0 Å². The number of carbonyl (C=O) groups is 1. The molecule has 0 saturated heterocycles. The Hall–Kier alpha value is -3.09. The van der Waals surface area contributed by atoms with E-state index in [1.807, 2.05) is 6.92 Å². The van der Waals surface area contributed by atoms with Gasteiger partial charge in [-0.15, -0.1) is 0 Å². The molecule has 0 unspecified atom stereocenters. The van der Waals surface area contributed by atoms with Crippen molar-refractivity contribution in [3.8, 4) is 11.5 Å². The molecular formula is C16H17N3O4. The third-order valence-corrected chi connectivity index (χ3v) is 3.19. The Bertz CT molecular complexity index is 796. The minimum Gasteiger partial charge on any atom is -0.504 e. The number of nitrogens with zero attached hydrogens (tertiary/aromatic N) is 2. The van der Waals surface area contributed by atoms with Crippen LogP contribution in [0.3, 0.4) is 0 Å². The molecule has 0 aliphatic heterocycles. The van der Waals surface area contributed by atoms with Crippen molar-refractivity contribution < 1.29 is 14.6 Å². The van der Waals surface area contributed by atoms with E-state index in [2.05, 4.69) is 10.5 Å². The van der Waals surface area contributed by atoms with Crippen molar-refractivity contribution in [2.45, 2.75) is 13.5 Å². The van der Waals surface area contributed by atoms with Gasteiger partial charge in [-0.25, -0.2) is 5.43 Å². The van der Waals surface area contributed by atoms with Gasteiger partial charge in [0.05, 0.1) is 13.3 Å². The third kappa shape index (κ3) is 3.76. The van der Waals surface area contributed by atoms with Gasteiger partial charge in [-0.05, 0) is 42.8 Å². The van der Waals surface area contributed by atoms with E-state index in [0.29, 0.717) is 17.9 Å². The number of aromatic hydroxyl groups is 1. The number of ether oxygens (including phenoxy) is 1. The predicted molar refractivity (Wildman–Crippen MR) is 86.1 cm³/mol. The number of methoxy groups -OCH3 is 1. The van der Waals surface area contributed by atoms with Gasteiger partial charge in [-0.2, -0.15) is 5.10 Å². The molecule has 0 aliphatic carbocycles. The number of hydrogen-bond acceptors (Lipinski definition) is 5.